The summed E-state index contributed by atoms with van der Waals surface area (Å²) in [5, 5.41) is 0. The highest BCUT2D eigenvalue weighted by Crippen LogP contribution is 2.36. The van der Waals surface area contributed by atoms with E-state index in [0.717, 1.165) is 25.7 Å². The molecule has 2 saturated carbocycles. The van der Waals surface area contributed by atoms with Crippen LogP contribution in [0.3, 0.4) is 0 Å². The van der Waals surface area contributed by atoms with Gasteiger partial charge in [0.1, 0.15) is 0 Å². The predicted molar refractivity (Wildman–Crippen MR) is 94.1 cm³/mol. The second kappa shape index (κ2) is 5.28. The van der Waals surface area contributed by atoms with Gasteiger partial charge in [-0.1, -0.05) is 0 Å². The average Bonchev–Trinajstić information content (AvgIpc) is 3.48. The molecule has 1 aromatic carbocycles. The third-order valence-corrected chi connectivity index (χ3v) is 6.80. The van der Waals surface area contributed by atoms with Crippen LogP contribution in [0.2, 0.25) is 0 Å². The topological polar surface area (TPSA) is 90.2 Å². The zero-order valence-corrected chi connectivity index (χ0v) is 15.1. The van der Waals surface area contributed by atoms with Crippen LogP contribution in [0.1, 0.15) is 32.6 Å². The summed E-state index contributed by atoms with van der Waals surface area (Å²) < 4.78 is 30.6. The minimum Gasteiger partial charge on any atom is -0.305 e. The maximum atomic E-state index is 12.6. The molecule has 1 heterocycles. The van der Waals surface area contributed by atoms with Crippen LogP contribution in [0.25, 0.3) is 11.0 Å². The number of aryl methyl sites for hydroxylation is 1. The molecule has 4 rings (SSSR count). The molecule has 2 fully saturated rings. The number of fused-ring (bicyclic) bond motifs is 1. The number of benzene rings is 1. The van der Waals surface area contributed by atoms with Gasteiger partial charge in [-0.3, -0.25) is 9.59 Å². The molecule has 0 amide bonds. The van der Waals surface area contributed by atoms with Crippen LogP contribution >= 0.6 is 0 Å². The van der Waals surface area contributed by atoms with Crippen LogP contribution < -0.4 is 15.8 Å². The zero-order chi connectivity index (χ0) is 18.0. The summed E-state index contributed by atoms with van der Waals surface area (Å²) in [5.74, 6) is 0.424. The smallest absolute Gasteiger partial charge is 0.305 e. The van der Waals surface area contributed by atoms with Crippen molar-refractivity contribution in [2.45, 2.75) is 49.6 Å². The first-order chi connectivity index (χ1) is 11.7. The first-order valence-corrected chi connectivity index (χ1v) is 9.96. The van der Waals surface area contributed by atoms with Gasteiger partial charge in [-0.2, -0.15) is 0 Å². The first kappa shape index (κ1) is 16.5. The molecule has 0 unspecified atom stereocenters. The standard InChI is InChI=1S/C17H21N3O4S/c1-17(7-8-17)18-25(23,24)12-5-6-13-14(9-12)19(2)15(21)16(22)20(13)10-11-3-4-11/h5-6,9,11,18H,3-4,7-8,10H2,1-2H3. The fraction of sp³-hybridized carbons (Fsp3) is 0.529. The van der Waals surface area contributed by atoms with Gasteiger partial charge in [-0.05, 0) is 56.7 Å². The highest BCUT2D eigenvalue weighted by molar-refractivity contribution is 7.89. The molecule has 2 aromatic rings. The van der Waals surface area contributed by atoms with Crippen LogP contribution in [-0.2, 0) is 23.6 Å². The number of nitrogens with zero attached hydrogens (tertiary/aromatic N) is 2. The van der Waals surface area contributed by atoms with Crippen molar-refractivity contribution in [3.05, 3.63) is 38.9 Å². The van der Waals surface area contributed by atoms with Gasteiger partial charge in [-0.25, -0.2) is 13.1 Å². The number of sulfonamides is 1. The number of nitrogens with one attached hydrogen (secondary N) is 1. The molecule has 0 saturated heterocycles. The van der Waals surface area contributed by atoms with Gasteiger partial charge in [0, 0.05) is 19.1 Å². The molecule has 2 aliphatic rings. The number of aromatic nitrogens is 2. The van der Waals surface area contributed by atoms with Crippen LogP contribution in [0, 0.1) is 5.92 Å². The van der Waals surface area contributed by atoms with Crippen LogP contribution in [0.4, 0.5) is 0 Å². The Balaban J connectivity index is 1.88. The van der Waals surface area contributed by atoms with E-state index in [1.54, 1.807) is 6.07 Å². The number of rotatable bonds is 5. The summed E-state index contributed by atoms with van der Waals surface area (Å²) in [7, 11) is -2.16. The lowest BCUT2D eigenvalue weighted by Gasteiger charge is -2.15. The van der Waals surface area contributed by atoms with Crippen LogP contribution in [0.15, 0.2) is 32.7 Å². The molecule has 0 radical (unpaired) electrons. The maximum Gasteiger partial charge on any atom is 0.316 e. The van der Waals surface area contributed by atoms with Crippen molar-refractivity contribution in [1.82, 2.24) is 13.9 Å². The van der Waals surface area contributed by atoms with Crippen molar-refractivity contribution in [3.63, 3.8) is 0 Å². The molecule has 1 N–H and O–H groups in total. The summed E-state index contributed by atoms with van der Waals surface area (Å²) in [4.78, 5) is 24.7. The van der Waals surface area contributed by atoms with Gasteiger partial charge in [0.2, 0.25) is 10.0 Å². The quantitative estimate of drug-likeness (QED) is 0.801. The average molecular weight is 363 g/mol. The minimum absolute atomic E-state index is 0.111. The second-order valence-corrected chi connectivity index (χ2v) is 9.22. The van der Waals surface area contributed by atoms with Crippen molar-refractivity contribution in [3.8, 4) is 0 Å². The minimum atomic E-state index is -3.66. The largest absolute Gasteiger partial charge is 0.316 e. The molecule has 25 heavy (non-hydrogen) atoms. The van der Waals surface area contributed by atoms with Gasteiger partial charge in [0.25, 0.3) is 0 Å². The van der Waals surface area contributed by atoms with Crippen molar-refractivity contribution >= 4 is 21.1 Å². The Morgan fingerprint density at radius 2 is 1.84 bits per heavy atom. The summed E-state index contributed by atoms with van der Waals surface area (Å²) in [6.45, 7) is 2.38. The van der Waals surface area contributed by atoms with E-state index in [0.29, 0.717) is 23.5 Å². The van der Waals surface area contributed by atoms with Gasteiger partial charge in [0.05, 0.1) is 15.9 Å². The third kappa shape index (κ3) is 2.93. The van der Waals surface area contributed by atoms with Crippen LogP contribution in [0.5, 0.6) is 0 Å². The van der Waals surface area contributed by atoms with E-state index in [1.807, 2.05) is 6.92 Å². The maximum absolute atomic E-state index is 12.6. The van der Waals surface area contributed by atoms with Crippen LogP contribution in [-0.4, -0.2) is 23.1 Å². The number of hydrogen-bond donors (Lipinski definition) is 1. The number of hydrogen-bond acceptors (Lipinski definition) is 4. The van der Waals surface area contributed by atoms with E-state index >= 15 is 0 Å². The van der Waals surface area contributed by atoms with Gasteiger partial charge in [-0.15, -0.1) is 0 Å². The van der Waals surface area contributed by atoms with Gasteiger partial charge < -0.3 is 9.13 Å². The monoisotopic (exact) mass is 363 g/mol. The molecular formula is C17H21N3O4S. The normalized spacial score (nSPS) is 19.3. The molecule has 2 aliphatic carbocycles. The molecule has 0 bridgehead atoms. The second-order valence-electron chi connectivity index (χ2n) is 7.54. The molecule has 8 heteroatoms. The molecule has 134 valence electrons. The van der Waals surface area contributed by atoms with E-state index in [1.165, 1.54) is 28.3 Å². The lowest BCUT2D eigenvalue weighted by molar-refractivity contribution is 0.558. The Kier molecular flexibility index (Phi) is 3.49. The Morgan fingerprint density at radius 1 is 1.16 bits per heavy atom. The van der Waals surface area contributed by atoms with Crippen molar-refractivity contribution in [2.24, 2.45) is 13.0 Å². The molecule has 0 aliphatic heterocycles. The molecule has 0 atom stereocenters. The van der Waals surface area contributed by atoms with Gasteiger partial charge >= 0.3 is 11.1 Å². The van der Waals surface area contributed by atoms with Crippen molar-refractivity contribution in [1.29, 1.82) is 0 Å². The Bertz CT molecular complexity index is 1090. The predicted octanol–water partition coefficient (Wildman–Crippen LogP) is 0.941. The fourth-order valence-corrected chi connectivity index (χ4v) is 4.54. The SMILES string of the molecule is Cn1c(=O)c(=O)n(CC2CC2)c2ccc(S(=O)(=O)NC3(C)CC3)cc21. The van der Waals surface area contributed by atoms with E-state index < -0.39 is 21.1 Å². The third-order valence-electron chi connectivity index (χ3n) is 5.16. The van der Waals surface area contributed by atoms with E-state index in [-0.39, 0.29) is 10.4 Å². The molecular weight excluding hydrogens is 342 g/mol. The Labute approximate surface area is 145 Å². The van der Waals surface area contributed by atoms with E-state index in [9.17, 15) is 18.0 Å². The Hall–Kier alpha value is -1.93. The summed E-state index contributed by atoms with van der Waals surface area (Å²) in [5.41, 5.74) is -0.514. The zero-order valence-electron chi connectivity index (χ0n) is 14.3. The Morgan fingerprint density at radius 3 is 2.44 bits per heavy atom. The van der Waals surface area contributed by atoms with Crippen molar-refractivity contribution < 1.29 is 8.42 Å². The highest BCUT2D eigenvalue weighted by Gasteiger charge is 2.41. The summed E-state index contributed by atoms with van der Waals surface area (Å²) in [6, 6.07) is 4.61. The fourth-order valence-electron chi connectivity index (χ4n) is 3.06. The first-order valence-electron chi connectivity index (χ1n) is 8.48. The summed E-state index contributed by atoms with van der Waals surface area (Å²) >= 11 is 0. The molecule has 1 aromatic heterocycles. The van der Waals surface area contributed by atoms with E-state index in [2.05, 4.69) is 4.72 Å². The van der Waals surface area contributed by atoms with Crippen molar-refractivity contribution in [2.75, 3.05) is 0 Å². The van der Waals surface area contributed by atoms with Gasteiger partial charge in [0.15, 0.2) is 0 Å². The molecule has 0 spiro atoms. The molecule has 7 nitrogen and oxygen atoms in total. The highest BCUT2D eigenvalue weighted by atomic mass is 32.2. The summed E-state index contributed by atoms with van der Waals surface area (Å²) in [6.07, 6.45) is 3.74. The van der Waals surface area contributed by atoms with E-state index in [4.69, 9.17) is 0 Å². The lowest BCUT2D eigenvalue weighted by atomic mass is 10.2. The lowest BCUT2D eigenvalue weighted by Crippen LogP contribution is -2.41.